The van der Waals surface area contributed by atoms with Gasteiger partial charge in [0.25, 0.3) is 0 Å². The monoisotopic (exact) mass is 437 g/mol. The molecule has 3 heterocycles. The molecule has 1 fully saturated rings. The third-order valence-electron chi connectivity index (χ3n) is 5.82. The highest BCUT2D eigenvalue weighted by atomic mass is 32.1. The first-order valence-corrected chi connectivity index (χ1v) is 11.2. The van der Waals surface area contributed by atoms with E-state index in [1.54, 1.807) is 6.07 Å². The number of rotatable bonds is 4. The Kier molecular flexibility index (Phi) is 5.11. The highest BCUT2D eigenvalue weighted by molar-refractivity contribution is 7.17. The number of piperazine rings is 1. The van der Waals surface area contributed by atoms with E-state index in [-0.39, 0.29) is 17.7 Å². The maximum absolute atomic E-state index is 14.3. The first kappa shape index (κ1) is 20.0. The van der Waals surface area contributed by atoms with Gasteiger partial charge in [-0.15, -0.1) is 5.10 Å². The minimum Gasteiger partial charge on any atom is -0.492 e. The summed E-state index contributed by atoms with van der Waals surface area (Å²) in [6, 6.07) is 15.2. The predicted octanol–water partition coefficient (Wildman–Crippen LogP) is 4.16. The van der Waals surface area contributed by atoms with Crippen LogP contribution in [0.15, 0.2) is 48.5 Å². The van der Waals surface area contributed by atoms with E-state index in [9.17, 15) is 9.50 Å². The lowest BCUT2D eigenvalue weighted by Gasteiger charge is -2.40. The minimum absolute atomic E-state index is 0.114. The number of hydrogen-bond donors (Lipinski definition) is 1. The average molecular weight is 438 g/mol. The zero-order chi connectivity index (χ0) is 21.5. The van der Waals surface area contributed by atoms with Crippen molar-refractivity contribution in [3.05, 3.63) is 76.2 Å². The van der Waals surface area contributed by atoms with E-state index in [2.05, 4.69) is 51.1 Å². The summed E-state index contributed by atoms with van der Waals surface area (Å²) in [6.07, 6.45) is 0. The molecule has 1 saturated heterocycles. The van der Waals surface area contributed by atoms with E-state index in [1.165, 1.54) is 27.5 Å². The molecule has 6 nitrogen and oxygen atoms in total. The van der Waals surface area contributed by atoms with Crippen molar-refractivity contribution in [1.29, 1.82) is 0 Å². The van der Waals surface area contributed by atoms with E-state index in [4.69, 9.17) is 0 Å². The molecule has 0 radical (unpaired) electrons. The van der Waals surface area contributed by atoms with Crippen LogP contribution in [0.5, 0.6) is 5.88 Å². The molecular weight excluding hydrogens is 413 g/mol. The van der Waals surface area contributed by atoms with Crippen LogP contribution in [0.1, 0.15) is 27.9 Å². The van der Waals surface area contributed by atoms with Crippen LogP contribution in [-0.4, -0.2) is 50.8 Å². The average Bonchev–Trinajstić information content (AvgIpc) is 3.28. The standard InChI is InChI=1S/C23H24FN5OS/c1-15-7-9-17(10-8-15)20(21-22(30)29-23(31-21)25-16(2)26-29)28-13-11-27(12-14-28)19-6-4-3-5-18(19)24/h3-10,20,30H,11-14H2,1-2H3/t20-/m0/s1. The predicted molar refractivity (Wildman–Crippen MR) is 120 cm³/mol. The van der Waals surface area contributed by atoms with Crippen molar-refractivity contribution in [3.8, 4) is 5.88 Å². The van der Waals surface area contributed by atoms with E-state index >= 15 is 0 Å². The molecule has 1 aliphatic rings. The van der Waals surface area contributed by atoms with Gasteiger partial charge in [0.15, 0.2) is 0 Å². The molecule has 5 rings (SSSR count). The second-order valence-electron chi connectivity index (χ2n) is 7.93. The Hall–Kier alpha value is -2.97. The molecule has 0 bridgehead atoms. The van der Waals surface area contributed by atoms with Gasteiger partial charge in [-0.05, 0) is 31.5 Å². The van der Waals surface area contributed by atoms with Crippen molar-refractivity contribution in [1.82, 2.24) is 19.5 Å². The van der Waals surface area contributed by atoms with Crippen molar-refractivity contribution in [2.75, 3.05) is 31.1 Å². The lowest BCUT2D eigenvalue weighted by Crippen LogP contribution is -2.48. The molecule has 0 spiro atoms. The number of fused-ring (bicyclic) bond motifs is 1. The van der Waals surface area contributed by atoms with Crippen LogP contribution in [0.3, 0.4) is 0 Å². The smallest absolute Gasteiger partial charge is 0.230 e. The molecule has 1 N–H and O–H groups in total. The molecule has 1 aliphatic heterocycles. The van der Waals surface area contributed by atoms with Crippen LogP contribution >= 0.6 is 11.3 Å². The number of aromatic nitrogens is 3. The first-order valence-electron chi connectivity index (χ1n) is 10.4. The van der Waals surface area contributed by atoms with Crippen LogP contribution in [0.2, 0.25) is 0 Å². The number of thiazole rings is 1. The minimum atomic E-state index is -0.190. The Morgan fingerprint density at radius 1 is 1.00 bits per heavy atom. The number of anilines is 1. The Balaban J connectivity index is 1.48. The van der Waals surface area contributed by atoms with Gasteiger partial charge in [0, 0.05) is 26.2 Å². The molecule has 8 heteroatoms. The molecule has 160 valence electrons. The zero-order valence-corrected chi connectivity index (χ0v) is 18.3. The Morgan fingerprint density at radius 3 is 2.39 bits per heavy atom. The van der Waals surface area contributed by atoms with Gasteiger partial charge < -0.3 is 10.0 Å². The number of hydrogen-bond acceptors (Lipinski definition) is 6. The van der Waals surface area contributed by atoms with Gasteiger partial charge in [-0.25, -0.2) is 9.37 Å². The number of aryl methyl sites for hydroxylation is 2. The molecule has 4 aromatic rings. The molecule has 2 aromatic carbocycles. The quantitative estimate of drug-likeness (QED) is 0.520. The molecule has 31 heavy (non-hydrogen) atoms. The van der Waals surface area contributed by atoms with Crippen molar-refractivity contribution in [3.63, 3.8) is 0 Å². The van der Waals surface area contributed by atoms with Crippen molar-refractivity contribution in [2.45, 2.75) is 19.9 Å². The van der Waals surface area contributed by atoms with Gasteiger partial charge in [-0.1, -0.05) is 53.3 Å². The summed E-state index contributed by atoms with van der Waals surface area (Å²) in [6.45, 7) is 6.80. The lowest BCUT2D eigenvalue weighted by atomic mass is 10.0. The van der Waals surface area contributed by atoms with Gasteiger partial charge in [0.05, 0.1) is 16.6 Å². The number of aromatic hydroxyl groups is 1. The third-order valence-corrected chi connectivity index (χ3v) is 6.89. The van der Waals surface area contributed by atoms with E-state index in [0.717, 1.165) is 23.5 Å². The van der Waals surface area contributed by atoms with E-state index < -0.39 is 0 Å². The summed E-state index contributed by atoms with van der Waals surface area (Å²) in [4.78, 5) is 10.4. The normalized spacial score (nSPS) is 16.2. The van der Waals surface area contributed by atoms with Crippen LogP contribution in [0.25, 0.3) is 4.96 Å². The number of halogens is 1. The summed E-state index contributed by atoms with van der Waals surface area (Å²) >= 11 is 1.47. The molecule has 0 saturated carbocycles. The summed E-state index contributed by atoms with van der Waals surface area (Å²) in [5, 5.41) is 15.3. The third kappa shape index (κ3) is 3.66. The second kappa shape index (κ2) is 7.94. The van der Waals surface area contributed by atoms with Crippen molar-refractivity contribution in [2.24, 2.45) is 0 Å². The molecule has 2 aromatic heterocycles. The van der Waals surface area contributed by atoms with Crippen molar-refractivity contribution < 1.29 is 9.50 Å². The fourth-order valence-corrected chi connectivity index (χ4v) is 5.39. The zero-order valence-electron chi connectivity index (χ0n) is 17.5. The Morgan fingerprint density at radius 2 is 1.71 bits per heavy atom. The number of para-hydroxylation sites is 1. The SMILES string of the molecule is Cc1ccc([C@@H](c2sc3nc(C)nn3c2O)N2CCN(c3ccccc3F)CC2)cc1. The second-order valence-corrected chi connectivity index (χ2v) is 8.94. The summed E-state index contributed by atoms with van der Waals surface area (Å²) in [7, 11) is 0. The number of nitrogens with zero attached hydrogens (tertiary/aromatic N) is 5. The first-order chi connectivity index (χ1) is 15.0. The van der Waals surface area contributed by atoms with Crippen LogP contribution in [-0.2, 0) is 0 Å². The van der Waals surface area contributed by atoms with Crippen LogP contribution in [0, 0.1) is 19.7 Å². The van der Waals surface area contributed by atoms with Gasteiger partial charge in [-0.3, -0.25) is 4.90 Å². The topological polar surface area (TPSA) is 56.9 Å². The van der Waals surface area contributed by atoms with E-state index in [0.29, 0.717) is 29.6 Å². The van der Waals surface area contributed by atoms with Gasteiger partial charge in [0.2, 0.25) is 10.8 Å². The van der Waals surface area contributed by atoms with Crippen LogP contribution < -0.4 is 4.90 Å². The molecule has 0 unspecified atom stereocenters. The Labute approximate surface area is 184 Å². The fraction of sp³-hybridized carbons (Fsp3) is 0.304. The highest BCUT2D eigenvalue weighted by Gasteiger charge is 2.32. The molecule has 0 aliphatic carbocycles. The van der Waals surface area contributed by atoms with Crippen LogP contribution in [0.4, 0.5) is 10.1 Å². The van der Waals surface area contributed by atoms with E-state index in [1.807, 2.05) is 19.1 Å². The fourth-order valence-electron chi connectivity index (χ4n) is 4.23. The maximum atomic E-state index is 14.3. The van der Waals surface area contributed by atoms with Gasteiger partial charge >= 0.3 is 0 Å². The maximum Gasteiger partial charge on any atom is 0.230 e. The lowest BCUT2D eigenvalue weighted by molar-refractivity contribution is 0.210. The highest BCUT2D eigenvalue weighted by Crippen LogP contribution is 2.40. The van der Waals surface area contributed by atoms with Crippen molar-refractivity contribution >= 4 is 22.0 Å². The Bertz CT molecular complexity index is 1210. The summed E-state index contributed by atoms with van der Waals surface area (Å²) in [5.74, 6) is 0.589. The molecular formula is C23H24FN5OS. The molecule has 0 amide bonds. The molecule has 1 atom stereocenters. The largest absolute Gasteiger partial charge is 0.492 e. The van der Waals surface area contributed by atoms with Gasteiger partial charge in [0.1, 0.15) is 11.6 Å². The number of benzene rings is 2. The summed E-state index contributed by atoms with van der Waals surface area (Å²) < 4.78 is 15.8. The summed E-state index contributed by atoms with van der Waals surface area (Å²) in [5.41, 5.74) is 2.95. The van der Waals surface area contributed by atoms with Gasteiger partial charge in [-0.2, -0.15) is 4.52 Å².